The second kappa shape index (κ2) is 5.18. The molecule has 1 aromatic rings. The molecule has 0 bridgehead atoms. The van der Waals surface area contributed by atoms with Gasteiger partial charge in [-0.3, -0.25) is 0 Å². The maximum Gasteiger partial charge on any atom is 0.142 e. The minimum absolute atomic E-state index is 0.135. The fourth-order valence-electron chi connectivity index (χ4n) is 2.95. The van der Waals surface area contributed by atoms with Crippen LogP contribution in [-0.2, 0) is 6.42 Å². The highest BCUT2D eigenvalue weighted by Gasteiger charge is 2.38. The van der Waals surface area contributed by atoms with E-state index in [1.54, 1.807) is 12.1 Å². The number of benzene rings is 1. The highest BCUT2D eigenvalue weighted by molar-refractivity contribution is 6.30. The zero-order valence-corrected chi connectivity index (χ0v) is 11.7. The first-order valence-corrected chi connectivity index (χ1v) is 6.95. The van der Waals surface area contributed by atoms with Crippen LogP contribution in [0.5, 0.6) is 0 Å². The summed E-state index contributed by atoms with van der Waals surface area (Å²) >= 11 is 5.67. The van der Waals surface area contributed by atoms with Crippen LogP contribution < -0.4 is 0 Å². The molecule has 2 rings (SSSR count). The summed E-state index contributed by atoms with van der Waals surface area (Å²) in [5.41, 5.74) is 0.119. The van der Waals surface area contributed by atoms with E-state index >= 15 is 0 Å². The maximum atomic E-state index is 13.4. The minimum Gasteiger partial charge on any atom is -0.389 e. The molecule has 1 aliphatic carbocycles. The van der Waals surface area contributed by atoms with E-state index in [0.29, 0.717) is 12.3 Å². The topological polar surface area (TPSA) is 20.2 Å². The Morgan fingerprint density at radius 2 is 2.17 bits per heavy atom. The zero-order valence-electron chi connectivity index (χ0n) is 10.9. The molecule has 3 atom stereocenters. The Labute approximate surface area is 113 Å². The fourth-order valence-corrected chi connectivity index (χ4v) is 3.07. The lowest BCUT2D eigenvalue weighted by atomic mass is 9.70. The van der Waals surface area contributed by atoms with E-state index in [1.165, 1.54) is 6.07 Å². The molecule has 0 amide bonds. The van der Waals surface area contributed by atoms with E-state index in [4.69, 9.17) is 11.6 Å². The van der Waals surface area contributed by atoms with Gasteiger partial charge in [-0.15, -0.1) is 0 Å². The first-order chi connectivity index (χ1) is 8.40. The number of aliphatic hydroxyl groups is 1. The number of hydrogen-bond acceptors (Lipinski definition) is 1. The van der Waals surface area contributed by atoms with Gasteiger partial charge in [-0.2, -0.15) is 0 Å². The molecule has 1 nitrogen and oxygen atoms in total. The zero-order chi connectivity index (χ0) is 13.3. The molecular formula is C15H20ClFO. The lowest BCUT2D eigenvalue weighted by molar-refractivity contribution is -0.0522. The van der Waals surface area contributed by atoms with Gasteiger partial charge in [0, 0.05) is 6.42 Å². The Balaban J connectivity index is 2.14. The van der Waals surface area contributed by atoms with E-state index in [1.807, 2.05) is 0 Å². The summed E-state index contributed by atoms with van der Waals surface area (Å²) in [6.45, 7) is 4.31. The summed E-state index contributed by atoms with van der Waals surface area (Å²) in [5, 5.41) is 10.9. The highest BCUT2D eigenvalue weighted by Crippen LogP contribution is 2.39. The standard InChI is InChI=1S/C15H20ClFO/c1-10-5-6-15(18,11(2)7-10)9-12-3-4-13(16)14(17)8-12/h3-4,8,10-11,18H,5-7,9H2,1-2H3. The van der Waals surface area contributed by atoms with E-state index in [2.05, 4.69) is 13.8 Å². The predicted octanol–water partition coefficient (Wildman–Crippen LogP) is 4.21. The lowest BCUT2D eigenvalue weighted by Gasteiger charge is -2.41. The molecule has 0 aliphatic heterocycles. The molecule has 1 aliphatic rings. The van der Waals surface area contributed by atoms with Crippen molar-refractivity contribution in [3.63, 3.8) is 0 Å². The Morgan fingerprint density at radius 1 is 1.44 bits per heavy atom. The smallest absolute Gasteiger partial charge is 0.142 e. The van der Waals surface area contributed by atoms with Gasteiger partial charge in [-0.25, -0.2) is 4.39 Å². The van der Waals surface area contributed by atoms with Crippen molar-refractivity contribution in [3.05, 3.63) is 34.6 Å². The minimum atomic E-state index is -0.702. The molecule has 18 heavy (non-hydrogen) atoms. The molecule has 1 saturated carbocycles. The summed E-state index contributed by atoms with van der Waals surface area (Å²) < 4.78 is 13.4. The third kappa shape index (κ3) is 2.86. The van der Waals surface area contributed by atoms with Crippen molar-refractivity contribution in [2.24, 2.45) is 11.8 Å². The van der Waals surface area contributed by atoms with E-state index in [-0.39, 0.29) is 10.9 Å². The average molecular weight is 271 g/mol. The first-order valence-electron chi connectivity index (χ1n) is 6.57. The van der Waals surface area contributed by atoms with Crippen molar-refractivity contribution in [3.8, 4) is 0 Å². The molecule has 1 fully saturated rings. The summed E-state index contributed by atoms with van der Waals surface area (Å²) in [4.78, 5) is 0. The Bertz CT molecular complexity index is 435. The van der Waals surface area contributed by atoms with Crippen molar-refractivity contribution in [2.75, 3.05) is 0 Å². The van der Waals surface area contributed by atoms with Gasteiger partial charge in [-0.1, -0.05) is 31.5 Å². The Kier molecular flexibility index (Phi) is 3.98. The van der Waals surface area contributed by atoms with Crippen LogP contribution in [0.15, 0.2) is 18.2 Å². The molecule has 0 spiro atoms. The summed E-state index contributed by atoms with van der Waals surface area (Å²) in [6, 6.07) is 4.80. The van der Waals surface area contributed by atoms with Crippen LogP contribution in [0.3, 0.4) is 0 Å². The van der Waals surface area contributed by atoms with Gasteiger partial charge in [0.25, 0.3) is 0 Å². The molecule has 0 saturated heterocycles. The average Bonchev–Trinajstić information content (AvgIpc) is 2.30. The van der Waals surface area contributed by atoms with Crippen LogP contribution in [0.25, 0.3) is 0 Å². The van der Waals surface area contributed by atoms with Gasteiger partial charge in [0.2, 0.25) is 0 Å². The number of halogens is 2. The predicted molar refractivity (Wildman–Crippen MR) is 72.2 cm³/mol. The van der Waals surface area contributed by atoms with Crippen LogP contribution in [0.1, 0.15) is 38.7 Å². The maximum absolute atomic E-state index is 13.4. The quantitative estimate of drug-likeness (QED) is 0.854. The van der Waals surface area contributed by atoms with Gasteiger partial charge < -0.3 is 5.11 Å². The van der Waals surface area contributed by atoms with Gasteiger partial charge in [0.15, 0.2) is 0 Å². The Morgan fingerprint density at radius 3 is 2.78 bits per heavy atom. The van der Waals surface area contributed by atoms with Gasteiger partial charge in [0.1, 0.15) is 5.82 Å². The van der Waals surface area contributed by atoms with E-state index in [0.717, 1.165) is 24.8 Å². The molecule has 1 N–H and O–H groups in total. The molecule has 3 unspecified atom stereocenters. The van der Waals surface area contributed by atoms with Crippen LogP contribution >= 0.6 is 11.6 Å². The van der Waals surface area contributed by atoms with Crippen molar-refractivity contribution < 1.29 is 9.50 Å². The molecular weight excluding hydrogens is 251 g/mol. The second-order valence-electron chi connectivity index (χ2n) is 5.81. The highest BCUT2D eigenvalue weighted by atomic mass is 35.5. The van der Waals surface area contributed by atoms with Crippen LogP contribution in [0.4, 0.5) is 4.39 Å². The van der Waals surface area contributed by atoms with Crippen LogP contribution in [0.2, 0.25) is 5.02 Å². The van der Waals surface area contributed by atoms with Crippen LogP contribution in [-0.4, -0.2) is 10.7 Å². The molecule has 1 aromatic carbocycles. The fraction of sp³-hybridized carbons (Fsp3) is 0.600. The number of rotatable bonds is 2. The van der Waals surface area contributed by atoms with Crippen molar-refractivity contribution in [1.82, 2.24) is 0 Å². The normalized spacial score (nSPS) is 32.5. The molecule has 100 valence electrons. The van der Waals surface area contributed by atoms with Gasteiger partial charge in [-0.05, 0) is 48.8 Å². The molecule has 0 heterocycles. The summed E-state index contributed by atoms with van der Waals surface area (Å²) in [6.07, 6.45) is 3.37. The van der Waals surface area contributed by atoms with Crippen molar-refractivity contribution >= 4 is 11.6 Å². The summed E-state index contributed by atoms with van der Waals surface area (Å²) in [5.74, 6) is 0.511. The first kappa shape index (κ1) is 13.8. The molecule has 0 aromatic heterocycles. The van der Waals surface area contributed by atoms with E-state index in [9.17, 15) is 9.50 Å². The monoisotopic (exact) mass is 270 g/mol. The SMILES string of the molecule is CC1CCC(O)(Cc2ccc(Cl)c(F)c2)C(C)C1. The summed E-state index contributed by atoms with van der Waals surface area (Å²) in [7, 11) is 0. The lowest BCUT2D eigenvalue weighted by Crippen LogP contribution is -2.43. The molecule has 0 radical (unpaired) electrons. The largest absolute Gasteiger partial charge is 0.389 e. The van der Waals surface area contributed by atoms with Gasteiger partial charge >= 0.3 is 0 Å². The second-order valence-corrected chi connectivity index (χ2v) is 6.22. The van der Waals surface area contributed by atoms with Crippen LogP contribution in [0, 0.1) is 17.7 Å². The Hall–Kier alpha value is -0.600. The molecule has 3 heteroatoms. The van der Waals surface area contributed by atoms with Crippen molar-refractivity contribution in [1.29, 1.82) is 0 Å². The van der Waals surface area contributed by atoms with Crippen molar-refractivity contribution in [2.45, 2.75) is 45.1 Å². The van der Waals surface area contributed by atoms with Gasteiger partial charge in [0.05, 0.1) is 10.6 Å². The van der Waals surface area contributed by atoms with E-state index < -0.39 is 11.4 Å². The number of hydrogen-bond donors (Lipinski definition) is 1. The third-order valence-electron chi connectivity index (χ3n) is 4.24. The third-order valence-corrected chi connectivity index (χ3v) is 4.54.